The van der Waals surface area contributed by atoms with Gasteiger partial charge in [0.05, 0.1) is 13.7 Å². The molecule has 2 aromatic rings. The van der Waals surface area contributed by atoms with Gasteiger partial charge in [-0.1, -0.05) is 23.7 Å². The molecular weight excluding hydrogens is 286 g/mol. The van der Waals surface area contributed by atoms with Crippen LogP contribution in [0.15, 0.2) is 36.4 Å². The largest absolute Gasteiger partial charge is 0.493 e. The maximum atomic E-state index is 6.13. The smallest absolute Gasteiger partial charge is 0.162 e. The van der Waals surface area contributed by atoms with E-state index in [2.05, 4.69) is 11.4 Å². The van der Waals surface area contributed by atoms with E-state index in [4.69, 9.17) is 21.1 Å². The Labute approximate surface area is 130 Å². The van der Waals surface area contributed by atoms with Crippen molar-refractivity contribution in [2.24, 2.45) is 0 Å². The molecule has 0 fully saturated rings. The van der Waals surface area contributed by atoms with Gasteiger partial charge in [-0.3, -0.25) is 0 Å². The van der Waals surface area contributed by atoms with E-state index in [-0.39, 0.29) is 0 Å². The topological polar surface area (TPSA) is 30.5 Å². The number of hydrogen-bond acceptors (Lipinski definition) is 3. The third-order valence-electron chi connectivity index (χ3n) is 3.20. The van der Waals surface area contributed by atoms with Crippen molar-refractivity contribution in [3.8, 4) is 11.5 Å². The van der Waals surface area contributed by atoms with Crippen LogP contribution < -0.4 is 14.8 Å². The lowest BCUT2D eigenvalue weighted by Gasteiger charge is -2.12. The molecule has 0 aromatic heterocycles. The lowest BCUT2D eigenvalue weighted by Crippen LogP contribution is -2.01. The highest BCUT2D eigenvalue weighted by Crippen LogP contribution is 2.30. The van der Waals surface area contributed by atoms with Crippen molar-refractivity contribution in [1.29, 1.82) is 0 Å². The summed E-state index contributed by atoms with van der Waals surface area (Å²) in [6, 6.07) is 11.9. The van der Waals surface area contributed by atoms with Crippen LogP contribution in [0.1, 0.15) is 18.1 Å². The number of anilines is 1. The minimum absolute atomic E-state index is 0.616. The van der Waals surface area contributed by atoms with E-state index >= 15 is 0 Å². The molecule has 0 saturated carbocycles. The zero-order valence-electron chi connectivity index (χ0n) is 12.6. The molecule has 0 bridgehead atoms. The molecule has 0 radical (unpaired) electrons. The zero-order chi connectivity index (χ0) is 15.2. The molecule has 2 aromatic carbocycles. The number of halogens is 1. The van der Waals surface area contributed by atoms with Gasteiger partial charge in [0.2, 0.25) is 0 Å². The molecule has 0 aliphatic heterocycles. The summed E-state index contributed by atoms with van der Waals surface area (Å²) in [6.07, 6.45) is 0. The van der Waals surface area contributed by atoms with Gasteiger partial charge >= 0.3 is 0 Å². The first-order chi connectivity index (χ1) is 10.1. The fourth-order valence-electron chi connectivity index (χ4n) is 2.00. The Morgan fingerprint density at radius 1 is 1.10 bits per heavy atom. The van der Waals surface area contributed by atoms with Crippen LogP contribution in [0.5, 0.6) is 11.5 Å². The van der Waals surface area contributed by atoms with Crippen LogP contribution in [0.25, 0.3) is 0 Å². The molecule has 0 heterocycles. The van der Waals surface area contributed by atoms with Crippen molar-refractivity contribution < 1.29 is 9.47 Å². The summed E-state index contributed by atoms with van der Waals surface area (Å²) in [5.41, 5.74) is 3.20. The van der Waals surface area contributed by atoms with Gasteiger partial charge in [0.25, 0.3) is 0 Å². The number of methoxy groups -OCH3 is 1. The van der Waals surface area contributed by atoms with Crippen molar-refractivity contribution in [3.05, 3.63) is 52.5 Å². The maximum Gasteiger partial charge on any atom is 0.162 e. The van der Waals surface area contributed by atoms with Gasteiger partial charge in [0.15, 0.2) is 11.5 Å². The van der Waals surface area contributed by atoms with E-state index < -0.39 is 0 Å². The van der Waals surface area contributed by atoms with Crippen LogP contribution in [0.4, 0.5) is 5.69 Å². The van der Waals surface area contributed by atoms with Gasteiger partial charge < -0.3 is 14.8 Å². The lowest BCUT2D eigenvalue weighted by molar-refractivity contribution is 0.311. The van der Waals surface area contributed by atoms with Crippen LogP contribution in [0, 0.1) is 6.92 Å². The summed E-state index contributed by atoms with van der Waals surface area (Å²) in [4.78, 5) is 0. The van der Waals surface area contributed by atoms with E-state index in [0.717, 1.165) is 33.3 Å². The average molecular weight is 306 g/mol. The fourth-order valence-corrected chi connectivity index (χ4v) is 2.21. The second-order valence-electron chi connectivity index (χ2n) is 4.74. The highest BCUT2D eigenvalue weighted by molar-refractivity contribution is 6.31. The zero-order valence-corrected chi connectivity index (χ0v) is 13.3. The first-order valence-corrected chi connectivity index (χ1v) is 7.31. The van der Waals surface area contributed by atoms with Crippen LogP contribution >= 0.6 is 11.6 Å². The van der Waals surface area contributed by atoms with Gasteiger partial charge in [0.1, 0.15) is 0 Å². The Balaban J connectivity index is 2.07. The highest BCUT2D eigenvalue weighted by atomic mass is 35.5. The number of ether oxygens (including phenoxy) is 2. The molecule has 0 aliphatic rings. The molecule has 1 N–H and O–H groups in total. The molecule has 0 amide bonds. The van der Waals surface area contributed by atoms with Gasteiger partial charge in [0, 0.05) is 23.3 Å². The molecule has 0 atom stereocenters. The van der Waals surface area contributed by atoms with E-state index in [0.29, 0.717) is 13.2 Å². The van der Waals surface area contributed by atoms with Gasteiger partial charge in [-0.15, -0.1) is 0 Å². The maximum absolute atomic E-state index is 6.13. The molecule has 3 nitrogen and oxygen atoms in total. The van der Waals surface area contributed by atoms with Crippen LogP contribution in [0.3, 0.4) is 0 Å². The predicted molar refractivity (Wildman–Crippen MR) is 87.7 cm³/mol. The normalized spacial score (nSPS) is 10.3. The second-order valence-corrected chi connectivity index (χ2v) is 5.14. The van der Waals surface area contributed by atoms with Crippen molar-refractivity contribution >= 4 is 17.3 Å². The summed E-state index contributed by atoms with van der Waals surface area (Å²) in [7, 11) is 1.64. The molecule has 112 valence electrons. The third kappa shape index (κ3) is 4.05. The highest BCUT2D eigenvalue weighted by Gasteiger charge is 2.05. The summed E-state index contributed by atoms with van der Waals surface area (Å²) in [5.74, 6) is 1.48. The minimum atomic E-state index is 0.616. The molecular formula is C17H20ClNO2. The van der Waals surface area contributed by atoms with Gasteiger partial charge in [-0.2, -0.15) is 0 Å². The summed E-state index contributed by atoms with van der Waals surface area (Å²) >= 11 is 6.13. The number of nitrogens with one attached hydrogen (secondary N) is 1. The van der Waals surface area contributed by atoms with Crippen molar-refractivity contribution in [2.45, 2.75) is 20.4 Å². The molecule has 21 heavy (non-hydrogen) atoms. The summed E-state index contributed by atoms with van der Waals surface area (Å²) in [6.45, 7) is 5.27. The molecule has 0 saturated heterocycles. The Morgan fingerprint density at radius 2 is 1.90 bits per heavy atom. The lowest BCUT2D eigenvalue weighted by atomic mass is 10.1. The number of benzene rings is 2. The van der Waals surface area contributed by atoms with Crippen LogP contribution in [-0.2, 0) is 6.54 Å². The van der Waals surface area contributed by atoms with E-state index in [9.17, 15) is 0 Å². The molecule has 4 heteroatoms. The van der Waals surface area contributed by atoms with E-state index in [1.807, 2.05) is 44.2 Å². The summed E-state index contributed by atoms with van der Waals surface area (Å²) < 4.78 is 10.8. The first kappa shape index (κ1) is 15.5. The fraction of sp³-hybridized carbons (Fsp3) is 0.294. The quantitative estimate of drug-likeness (QED) is 0.841. The standard InChI is InChI=1S/C17H20ClNO2/c1-4-21-16-8-7-14(10-17(16)20-3)19-11-13-6-5-12(2)15(18)9-13/h5-10,19H,4,11H2,1-3H3. The molecule has 0 aliphatic carbocycles. The van der Waals surface area contributed by atoms with Crippen molar-refractivity contribution in [1.82, 2.24) is 0 Å². The Morgan fingerprint density at radius 3 is 2.57 bits per heavy atom. The van der Waals surface area contributed by atoms with Crippen LogP contribution in [-0.4, -0.2) is 13.7 Å². The monoisotopic (exact) mass is 305 g/mol. The van der Waals surface area contributed by atoms with Crippen LogP contribution in [0.2, 0.25) is 5.02 Å². The Bertz CT molecular complexity index is 614. The first-order valence-electron chi connectivity index (χ1n) is 6.93. The third-order valence-corrected chi connectivity index (χ3v) is 3.60. The van der Waals surface area contributed by atoms with Crippen molar-refractivity contribution in [2.75, 3.05) is 19.0 Å². The summed E-state index contributed by atoms with van der Waals surface area (Å²) in [5, 5.41) is 4.15. The molecule has 0 unspecified atom stereocenters. The minimum Gasteiger partial charge on any atom is -0.493 e. The van der Waals surface area contributed by atoms with E-state index in [1.54, 1.807) is 7.11 Å². The second kappa shape index (κ2) is 7.23. The predicted octanol–water partition coefficient (Wildman–Crippen LogP) is 4.67. The van der Waals surface area contributed by atoms with Gasteiger partial charge in [-0.25, -0.2) is 0 Å². The van der Waals surface area contributed by atoms with Crippen molar-refractivity contribution in [3.63, 3.8) is 0 Å². The SMILES string of the molecule is CCOc1ccc(NCc2ccc(C)c(Cl)c2)cc1OC. The van der Waals surface area contributed by atoms with E-state index in [1.165, 1.54) is 0 Å². The van der Waals surface area contributed by atoms with Gasteiger partial charge in [-0.05, 0) is 43.2 Å². The molecule has 2 rings (SSSR count). The molecule has 0 spiro atoms. The Hall–Kier alpha value is -1.87. The number of hydrogen-bond donors (Lipinski definition) is 1. The average Bonchev–Trinajstić information content (AvgIpc) is 2.49. The number of aryl methyl sites for hydroxylation is 1. The Kier molecular flexibility index (Phi) is 5.34. The number of rotatable bonds is 6.